The molecule has 1 aromatic rings. The molecule has 0 aliphatic rings. The van der Waals surface area contributed by atoms with E-state index in [2.05, 4.69) is 44.3 Å². The molecule has 0 saturated heterocycles. The van der Waals surface area contributed by atoms with Crippen LogP contribution >= 0.6 is 0 Å². The number of unbranched alkanes of at least 4 members (excludes halogenated alkanes) is 1. The summed E-state index contributed by atoms with van der Waals surface area (Å²) >= 11 is 0. The van der Waals surface area contributed by atoms with Crippen molar-refractivity contribution in [2.45, 2.75) is 39.5 Å². The van der Waals surface area contributed by atoms with Crippen LogP contribution in [0.15, 0.2) is 18.2 Å². The third-order valence-corrected chi connectivity index (χ3v) is 2.87. The lowest BCUT2D eigenvalue weighted by Crippen LogP contribution is -2.09. The third kappa shape index (κ3) is 4.78. The maximum Gasteiger partial charge on any atom is 0.122 e. The zero-order valence-corrected chi connectivity index (χ0v) is 11.5. The van der Waals surface area contributed by atoms with Crippen LogP contribution in [0.3, 0.4) is 0 Å². The average Bonchev–Trinajstić information content (AvgIpc) is 2.28. The van der Waals surface area contributed by atoms with Crippen LogP contribution in [-0.2, 0) is 0 Å². The summed E-state index contributed by atoms with van der Waals surface area (Å²) in [5.74, 6) is 1.58. The van der Waals surface area contributed by atoms with Gasteiger partial charge in [0.1, 0.15) is 5.75 Å². The lowest BCUT2D eigenvalue weighted by Gasteiger charge is -2.14. The van der Waals surface area contributed by atoms with Crippen molar-refractivity contribution in [3.63, 3.8) is 0 Å². The highest BCUT2D eigenvalue weighted by Crippen LogP contribution is 2.27. The molecule has 0 heterocycles. The number of ether oxygens (including phenoxy) is 1. The number of hydrogen-bond acceptors (Lipinski definition) is 2. The van der Waals surface area contributed by atoms with Gasteiger partial charge < -0.3 is 10.1 Å². The van der Waals surface area contributed by atoms with E-state index in [1.807, 2.05) is 7.05 Å². The smallest absolute Gasteiger partial charge is 0.122 e. The maximum atomic E-state index is 5.90. The summed E-state index contributed by atoms with van der Waals surface area (Å²) in [6.07, 6.45) is 2.27. The molecule has 0 radical (unpaired) electrons. The standard InChI is InChI=1S/C15H25NO/c1-12(2)14-8-7-13(3)11-15(14)17-10-6-5-9-16-4/h7-8,11-12,16H,5-6,9-10H2,1-4H3. The molecule has 17 heavy (non-hydrogen) atoms. The Kier molecular flexibility index (Phi) is 6.06. The lowest BCUT2D eigenvalue weighted by atomic mass is 10.0. The largest absolute Gasteiger partial charge is 0.493 e. The van der Waals surface area contributed by atoms with Gasteiger partial charge in [-0.15, -0.1) is 0 Å². The van der Waals surface area contributed by atoms with E-state index in [0.29, 0.717) is 5.92 Å². The minimum Gasteiger partial charge on any atom is -0.493 e. The van der Waals surface area contributed by atoms with Gasteiger partial charge in [-0.1, -0.05) is 26.0 Å². The van der Waals surface area contributed by atoms with Crippen molar-refractivity contribution in [3.05, 3.63) is 29.3 Å². The highest BCUT2D eigenvalue weighted by Gasteiger charge is 2.07. The molecule has 0 spiro atoms. The molecule has 0 bridgehead atoms. The molecule has 1 aromatic carbocycles. The van der Waals surface area contributed by atoms with Crippen molar-refractivity contribution in [1.82, 2.24) is 5.32 Å². The van der Waals surface area contributed by atoms with E-state index in [0.717, 1.165) is 25.3 Å². The van der Waals surface area contributed by atoms with Crippen LogP contribution in [0.25, 0.3) is 0 Å². The second-order valence-electron chi connectivity index (χ2n) is 4.86. The first-order chi connectivity index (χ1) is 8.15. The van der Waals surface area contributed by atoms with Crippen LogP contribution in [0.4, 0.5) is 0 Å². The van der Waals surface area contributed by atoms with Gasteiger partial charge >= 0.3 is 0 Å². The molecular formula is C15H25NO. The number of benzene rings is 1. The Morgan fingerprint density at radius 3 is 2.65 bits per heavy atom. The van der Waals surface area contributed by atoms with Crippen LogP contribution < -0.4 is 10.1 Å². The number of hydrogen-bond donors (Lipinski definition) is 1. The Bertz CT molecular complexity index is 334. The molecule has 2 nitrogen and oxygen atoms in total. The highest BCUT2D eigenvalue weighted by molar-refractivity contribution is 5.39. The monoisotopic (exact) mass is 235 g/mol. The SMILES string of the molecule is CNCCCCOc1cc(C)ccc1C(C)C. The van der Waals surface area contributed by atoms with Crippen LogP contribution in [0.2, 0.25) is 0 Å². The molecule has 96 valence electrons. The molecule has 0 unspecified atom stereocenters. The zero-order chi connectivity index (χ0) is 12.7. The second kappa shape index (κ2) is 7.33. The molecule has 2 heteroatoms. The minimum atomic E-state index is 0.517. The molecular weight excluding hydrogens is 210 g/mol. The predicted molar refractivity (Wildman–Crippen MR) is 73.9 cm³/mol. The van der Waals surface area contributed by atoms with E-state index in [1.165, 1.54) is 17.5 Å². The van der Waals surface area contributed by atoms with E-state index in [9.17, 15) is 0 Å². The molecule has 1 rings (SSSR count). The number of aryl methyl sites for hydroxylation is 1. The van der Waals surface area contributed by atoms with Crippen molar-refractivity contribution in [3.8, 4) is 5.75 Å². The van der Waals surface area contributed by atoms with Gasteiger partial charge in [-0.2, -0.15) is 0 Å². The van der Waals surface area contributed by atoms with Crippen LogP contribution in [0.5, 0.6) is 5.75 Å². The Morgan fingerprint density at radius 1 is 1.24 bits per heavy atom. The topological polar surface area (TPSA) is 21.3 Å². The van der Waals surface area contributed by atoms with E-state index in [4.69, 9.17) is 4.74 Å². The van der Waals surface area contributed by atoms with Crippen molar-refractivity contribution >= 4 is 0 Å². The summed E-state index contributed by atoms with van der Waals surface area (Å²) in [7, 11) is 1.98. The van der Waals surface area contributed by atoms with E-state index < -0.39 is 0 Å². The summed E-state index contributed by atoms with van der Waals surface area (Å²) < 4.78 is 5.90. The van der Waals surface area contributed by atoms with E-state index >= 15 is 0 Å². The summed E-state index contributed by atoms with van der Waals surface area (Å²) in [6, 6.07) is 6.49. The van der Waals surface area contributed by atoms with Crippen molar-refractivity contribution < 1.29 is 4.74 Å². The maximum absolute atomic E-state index is 5.90. The van der Waals surface area contributed by atoms with Crippen LogP contribution in [-0.4, -0.2) is 20.2 Å². The first kappa shape index (κ1) is 14.0. The fraction of sp³-hybridized carbons (Fsp3) is 0.600. The van der Waals surface area contributed by atoms with E-state index in [1.54, 1.807) is 0 Å². The first-order valence-electron chi connectivity index (χ1n) is 6.53. The summed E-state index contributed by atoms with van der Waals surface area (Å²) in [4.78, 5) is 0. The Labute approximate surface area is 105 Å². The number of nitrogens with one attached hydrogen (secondary N) is 1. The van der Waals surface area contributed by atoms with Crippen molar-refractivity contribution in [1.29, 1.82) is 0 Å². The van der Waals surface area contributed by atoms with Gasteiger partial charge in [0.05, 0.1) is 6.61 Å². The molecule has 0 atom stereocenters. The quantitative estimate of drug-likeness (QED) is 0.730. The molecule has 0 aromatic heterocycles. The Hall–Kier alpha value is -1.02. The van der Waals surface area contributed by atoms with Gasteiger partial charge in [-0.3, -0.25) is 0 Å². The highest BCUT2D eigenvalue weighted by atomic mass is 16.5. The Balaban J connectivity index is 2.53. The van der Waals surface area contributed by atoms with Crippen LogP contribution in [0, 0.1) is 6.92 Å². The predicted octanol–water partition coefficient (Wildman–Crippen LogP) is 3.50. The minimum absolute atomic E-state index is 0.517. The van der Waals surface area contributed by atoms with E-state index in [-0.39, 0.29) is 0 Å². The van der Waals surface area contributed by atoms with Crippen molar-refractivity contribution in [2.75, 3.05) is 20.2 Å². The lowest BCUT2D eigenvalue weighted by molar-refractivity contribution is 0.302. The normalized spacial score (nSPS) is 10.9. The molecule has 0 fully saturated rings. The van der Waals surface area contributed by atoms with Gasteiger partial charge in [0.25, 0.3) is 0 Å². The second-order valence-corrected chi connectivity index (χ2v) is 4.86. The summed E-state index contributed by atoms with van der Waals surface area (Å²) in [5.41, 5.74) is 2.57. The third-order valence-electron chi connectivity index (χ3n) is 2.87. The van der Waals surface area contributed by atoms with Crippen LogP contribution in [0.1, 0.15) is 43.7 Å². The van der Waals surface area contributed by atoms with Gasteiger partial charge in [-0.25, -0.2) is 0 Å². The molecule has 0 aliphatic carbocycles. The molecule has 0 amide bonds. The average molecular weight is 235 g/mol. The van der Waals surface area contributed by atoms with Gasteiger partial charge in [-0.05, 0) is 56.5 Å². The molecule has 0 saturated carbocycles. The summed E-state index contributed by atoms with van der Waals surface area (Å²) in [6.45, 7) is 8.40. The fourth-order valence-electron chi connectivity index (χ4n) is 1.83. The molecule has 1 N–H and O–H groups in total. The summed E-state index contributed by atoms with van der Waals surface area (Å²) in [5, 5.41) is 3.15. The van der Waals surface area contributed by atoms with Gasteiger partial charge in [0, 0.05) is 0 Å². The molecule has 0 aliphatic heterocycles. The number of rotatable bonds is 7. The zero-order valence-electron chi connectivity index (χ0n) is 11.5. The van der Waals surface area contributed by atoms with Gasteiger partial charge in [0.2, 0.25) is 0 Å². The van der Waals surface area contributed by atoms with Gasteiger partial charge in [0.15, 0.2) is 0 Å². The fourth-order valence-corrected chi connectivity index (χ4v) is 1.83. The first-order valence-corrected chi connectivity index (χ1v) is 6.53. The van der Waals surface area contributed by atoms with Crippen molar-refractivity contribution in [2.24, 2.45) is 0 Å². The Morgan fingerprint density at radius 2 is 2.00 bits per heavy atom.